The summed E-state index contributed by atoms with van der Waals surface area (Å²) in [7, 11) is 0. The second-order valence-corrected chi connectivity index (χ2v) is 5.65. The molecule has 26 heavy (non-hydrogen) atoms. The van der Waals surface area contributed by atoms with Crippen LogP contribution in [0.2, 0.25) is 0 Å². The van der Waals surface area contributed by atoms with E-state index in [1.165, 1.54) is 6.20 Å². The minimum Gasteiger partial charge on any atom is -0.379 e. The zero-order valence-corrected chi connectivity index (χ0v) is 14.6. The van der Waals surface area contributed by atoms with Gasteiger partial charge in [-0.05, 0) is 36.8 Å². The van der Waals surface area contributed by atoms with Gasteiger partial charge in [0.2, 0.25) is 0 Å². The van der Waals surface area contributed by atoms with E-state index in [0.29, 0.717) is 37.6 Å². The Morgan fingerprint density at radius 2 is 1.85 bits per heavy atom. The number of nitrogens with zero attached hydrogens (tertiary/aromatic N) is 2. The first-order chi connectivity index (χ1) is 12.8. The average Bonchev–Trinajstić information content (AvgIpc) is 2.68. The topological polar surface area (TPSA) is 73.3 Å². The summed E-state index contributed by atoms with van der Waals surface area (Å²) in [6.45, 7) is 4.21. The summed E-state index contributed by atoms with van der Waals surface area (Å²) >= 11 is 0. The van der Waals surface area contributed by atoms with Gasteiger partial charge in [-0.1, -0.05) is 24.3 Å². The molecule has 6 nitrogen and oxygen atoms in total. The molecule has 0 fully saturated rings. The summed E-state index contributed by atoms with van der Waals surface area (Å²) in [4.78, 5) is 21.1. The van der Waals surface area contributed by atoms with Crippen molar-refractivity contribution in [2.45, 2.75) is 13.5 Å². The Hall–Kier alpha value is -2.83. The molecule has 0 spiro atoms. The number of hydrogen-bond acceptors (Lipinski definition) is 5. The highest BCUT2D eigenvalue weighted by Gasteiger charge is 2.10. The molecule has 0 bridgehead atoms. The Morgan fingerprint density at radius 3 is 2.69 bits per heavy atom. The Balaban J connectivity index is 1.62. The number of fused-ring (bicyclic) bond motifs is 1. The molecule has 1 N–H and O–H groups in total. The van der Waals surface area contributed by atoms with Gasteiger partial charge in [-0.3, -0.25) is 9.78 Å². The Morgan fingerprint density at radius 1 is 1.04 bits per heavy atom. The molecule has 3 aromatic rings. The molecule has 0 atom stereocenters. The van der Waals surface area contributed by atoms with Crippen molar-refractivity contribution < 1.29 is 14.3 Å². The van der Waals surface area contributed by atoms with Crippen molar-refractivity contribution in [1.29, 1.82) is 0 Å². The highest BCUT2D eigenvalue weighted by Crippen LogP contribution is 2.14. The van der Waals surface area contributed by atoms with Crippen LogP contribution in [0, 0.1) is 0 Å². The summed E-state index contributed by atoms with van der Waals surface area (Å²) in [5.41, 5.74) is 3.40. The lowest BCUT2D eigenvalue weighted by Gasteiger charge is -2.08. The number of carbonyl (C=O) groups excluding carboxylic acids is 1. The third-order valence-electron chi connectivity index (χ3n) is 3.71. The Bertz CT molecular complexity index is 883. The van der Waals surface area contributed by atoms with E-state index >= 15 is 0 Å². The number of amides is 1. The van der Waals surface area contributed by atoms with Gasteiger partial charge in [0.15, 0.2) is 0 Å². The number of aromatic nitrogens is 2. The monoisotopic (exact) mass is 351 g/mol. The van der Waals surface area contributed by atoms with E-state index in [4.69, 9.17) is 9.47 Å². The largest absolute Gasteiger partial charge is 0.379 e. The number of anilines is 1. The second-order valence-electron chi connectivity index (χ2n) is 5.65. The molecule has 134 valence electrons. The zero-order valence-electron chi connectivity index (χ0n) is 14.6. The number of hydrogen-bond donors (Lipinski definition) is 1. The quantitative estimate of drug-likeness (QED) is 0.629. The molecular formula is C20H21N3O3. The van der Waals surface area contributed by atoms with Gasteiger partial charge in [0, 0.05) is 12.3 Å². The van der Waals surface area contributed by atoms with E-state index in [9.17, 15) is 4.79 Å². The maximum Gasteiger partial charge on any atom is 0.275 e. The maximum atomic E-state index is 12.4. The molecule has 2 aromatic carbocycles. The van der Waals surface area contributed by atoms with E-state index in [2.05, 4.69) is 15.3 Å². The van der Waals surface area contributed by atoms with Gasteiger partial charge in [0.25, 0.3) is 5.91 Å². The molecule has 0 aliphatic heterocycles. The van der Waals surface area contributed by atoms with Crippen LogP contribution in [0.3, 0.4) is 0 Å². The molecule has 1 aromatic heterocycles. The molecule has 6 heteroatoms. The second kappa shape index (κ2) is 9.03. The third-order valence-corrected chi connectivity index (χ3v) is 3.71. The van der Waals surface area contributed by atoms with Crippen LogP contribution >= 0.6 is 0 Å². The molecule has 0 aliphatic rings. The van der Waals surface area contributed by atoms with E-state index in [-0.39, 0.29) is 11.6 Å². The van der Waals surface area contributed by atoms with Crippen molar-refractivity contribution in [3.63, 3.8) is 0 Å². The van der Waals surface area contributed by atoms with Crippen molar-refractivity contribution >= 4 is 22.6 Å². The van der Waals surface area contributed by atoms with Crippen LogP contribution in [-0.4, -0.2) is 35.7 Å². The van der Waals surface area contributed by atoms with Gasteiger partial charge in [-0.15, -0.1) is 0 Å². The number of benzene rings is 2. The Kier molecular flexibility index (Phi) is 6.24. The molecule has 0 unspecified atom stereocenters. The number of rotatable bonds is 8. The lowest BCUT2D eigenvalue weighted by Crippen LogP contribution is -2.14. The van der Waals surface area contributed by atoms with E-state index in [1.807, 2.05) is 55.5 Å². The summed E-state index contributed by atoms with van der Waals surface area (Å²) in [5, 5.41) is 2.85. The van der Waals surface area contributed by atoms with Gasteiger partial charge in [0.1, 0.15) is 5.69 Å². The molecule has 0 saturated heterocycles. The van der Waals surface area contributed by atoms with Gasteiger partial charge >= 0.3 is 0 Å². The van der Waals surface area contributed by atoms with Crippen LogP contribution in [-0.2, 0) is 16.1 Å². The van der Waals surface area contributed by atoms with Crippen molar-refractivity contribution in [3.05, 3.63) is 66.0 Å². The van der Waals surface area contributed by atoms with Crippen LogP contribution in [0.5, 0.6) is 0 Å². The SMILES string of the molecule is CCOCCOCc1cccc(NC(=O)c2cnc3ccccc3n2)c1. The first-order valence-corrected chi connectivity index (χ1v) is 8.54. The predicted molar refractivity (Wildman–Crippen MR) is 100 cm³/mol. The summed E-state index contributed by atoms with van der Waals surface area (Å²) in [6.07, 6.45) is 1.48. The molecule has 1 heterocycles. The fourth-order valence-corrected chi connectivity index (χ4v) is 2.45. The van der Waals surface area contributed by atoms with Crippen LogP contribution in [0.15, 0.2) is 54.7 Å². The normalized spacial score (nSPS) is 10.8. The first-order valence-electron chi connectivity index (χ1n) is 8.54. The van der Waals surface area contributed by atoms with Gasteiger partial charge in [-0.25, -0.2) is 4.98 Å². The van der Waals surface area contributed by atoms with Gasteiger partial charge in [0.05, 0.1) is 37.1 Å². The van der Waals surface area contributed by atoms with Crippen LogP contribution in [0.25, 0.3) is 11.0 Å². The standard InChI is InChI=1S/C20H21N3O3/c1-2-25-10-11-26-14-15-6-5-7-16(12-15)22-20(24)19-13-21-17-8-3-4-9-18(17)23-19/h3-9,12-13H,2,10-11,14H2,1H3,(H,22,24). The van der Waals surface area contributed by atoms with Crippen molar-refractivity contribution in [3.8, 4) is 0 Å². The number of nitrogens with one attached hydrogen (secondary N) is 1. The number of ether oxygens (including phenoxy) is 2. The summed E-state index contributed by atoms with van der Waals surface area (Å²) in [6, 6.07) is 15.0. The lowest BCUT2D eigenvalue weighted by atomic mass is 10.2. The molecule has 0 saturated carbocycles. The van der Waals surface area contributed by atoms with E-state index < -0.39 is 0 Å². The van der Waals surface area contributed by atoms with E-state index in [0.717, 1.165) is 11.1 Å². The third kappa shape index (κ3) is 4.84. The molecular weight excluding hydrogens is 330 g/mol. The summed E-state index contributed by atoms with van der Waals surface area (Å²) in [5.74, 6) is -0.294. The van der Waals surface area contributed by atoms with Crippen molar-refractivity contribution in [2.24, 2.45) is 0 Å². The molecule has 0 aliphatic carbocycles. The van der Waals surface area contributed by atoms with Crippen LogP contribution < -0.4 is 5.32 Å². The average molecular weight is 351 g/mol. The van der Waals surface area contributed by atoms with Crippen LogP contribution in [0.4, 0.5) is 5.69 Å². The molecule has 1 amide bonds. The minimum absolute atomic E-state index is 0.280. The smallest absolute Gasteiger partial charge is 0.275 e. The lowest BCUT2D eigenvalue weighted by molar-refractivity contribution is 0.0453. The van der Waals surface area contributed by atoms with E-state index in [1.54, 1.807) is 0 Å². The van der Waals surface area contributed by atoms with Gasteiger partial charge < -0.3 is 14.8 Å². The Labute approximate surface area is 152 Å². The van der Waals surface area contributed by atoms with Crippen molar-refractivity contribution in [2.75, 3.05) is 25.1 Å². The fraction of sp³-hybridized carbons (Fsp3) is 0.250. The molecule has 3 rings (SSSR count). The zero-order chi connectivity index (χ0) is 18.2. The maximum absolute atomic E-state index is 12.4. The minimum atomic E-state index is -0.294. The van der Waals surface area contributed by atoms with Gasteiger partial charge in [-0.2, -0.15) is 0 Å². The highest BCUT2D eigenvalue weighted by atomic mass is 16.5. The fourth-order valence-electron chi connectivity index (χ4n) is 2.45. The van der Waals surface area contributed by atoms with Crippen molar-refractivity contribution in [1.82, 2.24) is 9.97 Å². The number of carbonyl (C=O) groups is 1. The highest BCUT2D eigenvalue weighted by molar-refractivity contribution is 6.03. The summed E-state index contributed by atoms with van der Waals surface area (Å²) < 4.78 is 10.8. The van der Waals surface area contributed by atoms with Crippen LogP contribution in [0.1, 0.15) is 23.0 Å². The first kappa shape index (κ1) is 18.0. The predicted octanol–water partition coefficient (Wildman–Crippen LogP) is 3.44. The number of para-hydroxylation sites is 2. The molecule has 0 radical (unpaired) electrons.